The molecule has 0 aliphatic heterocycles. The van der Waals surface area contributed by atoms with Gasteiger partial charge in [-0.1, -0.05) is 36.4 Å². The minimum absolute atomic E-state index is 0.0193. The molecule has 0 aliphatic rings. The third-order valence-electron chi connectivity index (χ3n) is 2.70. The molecular weight excluding hydrogens is 276 g/mol. The van der Waals surface area contributed by atoms with Gasteiger partial charge in [0.2, 0.25) is 0 Å². The first-order chi connectivity index (χ1) is 9.59. The summed E-state index contributed by atoms with van der Waals surface area (Å²) in [4.78, 5) is 22.7. The van der Waals surface area contributed by atoms with Crippen molar-refractivity contribution in [2.45, 2.75) is 10.6 Å². The quantitative estimate of drug-likeness (QED) is 0.825. The van der Waals surface area contributed by atoms with E-state index >= 15 is 0 Å². The first-order valence-electron chi connectivity index (χ1n) is 5.86. The second-order valence-corrected chi connectivity index (χ2v) is 5.05. The van der Waals surface area contributed by atoms with Gasteiger partial charge in [0.05, 0.1) is 11.1 Å². The number of benzene rings is 2. The first-order valence-corrected chi connectivity index (χ1v) is 6.84. The molecule has 20 heavy (non-hydrogen) atoms. The number of rotatable bonds is 5. The number of hydrogen-bond donors (Lipinski definition) is 2. The van der Waals surface area contributed by atoms with E-state index in [-0.39, 0.29) is 16.0 Å². The topological polar surface area (TPSA) is 74.6 Å². The number of carboxylic acids is 2. The molecule has 0 bridgehead atoms. The molecule has 0 aromatic heterocycles. The van der Waals surface area contributed by atoms with Gasteiger partial charge in [-0.05, 0) is 17.7 Å². The monoisotopic (exact) mass is 288 g/mol. The van der Waals surface area contributed by atoms with Crippen molar-refractivity contribution < 1.29 is 19.8 Å². The Morgan fingerprint density at radius 2 is 1.40 bits per heavy atom. The van der Waals surface area contributed by atoms with Gasteiger partial charge in [-0.15, -0.1) is 11.8 Å². The lowest BCUT2D eigenvalue weighted by atomic mass is 10.1. The van der Waals surface area contributed by atoms with Crippen LogP contribution in [0.1, 0.15) is 26.3 Å². The van der Waals surface area contributed by atoms with Crippen LogP contribution in [0.3, 0.4) is 0 Å². The van der Waals surface area contributed by atoms with Crippen molar-refractivity contribution in [2.24, 2.45) is 0 Å². The fourth-order valence-corrected chi connectivity index (χ4v) is 2.88. The number of hydrogen-bond acceptors (Lipinski definition) is 3. The number of carbonyl (C=O) groups is 2. The van der Waals surface area contributed by atoms with Gasteiger partial charge in [0.25, 0.3) is 0 Å². The van der Waals surface area contributed by atoms with Gasteiger partial charge in [0, 0.05) is 10.6 Å². The van der Waals surface area contributed by atoms with E-state index in [1.165, 1.54) is 30.0 Å². The van der Waals surface area contributed by atoms with Crippen LogP contribution in [-0.4, -0.2) is 22.2 Å². The maximum absolute atomic E-state index is 11.2. The van der Waals surface area contributed by atoms with E-state index in [0.29, 0.717) is 5.75 Å². The van der Waals surface area contributed by atoms with Crippen LogP contribution < -0.4 is 0 Å². The highest BCUT2D eigenvalue weighted by molar-refractivity contribution is 7.98. The highest BCUT2D eigenvalue weighted by Crippen LogP contribution is 2.30. The highest BCUT2D eigenvalue weighted by atomic mass is 32.2. The molecule has 0 unspecified atom stereocenters. The van der Waals surface area contributed by atoms with Gasteiger partial charge in [0.1, 0.15) is 0 Å². The first kappa shape index (κ1) is 14.1. The Kier molecular flexibility index (Phi) is 4.42. The molecule has 0 atom stereocenters. The van der Waals surface area contributed by atoms with Gasteiger partial charge in [0.15, 0.2) is 0 Å². The summed E-state index contributed by atoms with van der Waals surface area (Å²) in [7, 11) is 0. The Morgan fingerprint density at radius 1 is 0.850 bits per heavy atom. The minimum Gasteiger partial charge on any atom is -0.478 e. The molecule has 0 saturated carbocycles. The Balaban J connectivity index is 2.33. The van der Waals surface area contributed by atoms with E-state index in [9.17, 15) is 9.59 Å². The lowest BCUT2D eigenvalue weighted by Gasteiger charge is -2.09. The summed E-state index contributed by atoms with van der Waals surface area (Å²) >= 11 is 1.22. The Bertz CT molecular complexity index is 605. The van der Waals surface area contributed by atoms with Gasteiger partial charge >= 0.3 is 11.9 Å². The average Bonchev–Trinajstić information content (AvgIpc) is 2.45. The van der Waals surface area contributed by atoms with Crippen molar-refractivity contribution in [1.29, 1.82) is 0 Å². The molecule has 2 aromatic carbocycles. The Hall–Kier alpha value is -2.27. The van der Waals surface area contributed by atoms with Crippen LogP contribution in [0.2, 0.25) is 0 Å². The normalized spacial score (nSPS) is 10.2. The molecule has 0 amide bonds. The third kappa shape index (κ3) is 3.19. The maximum atomic E-state index is 11.2. The average molecular weight is 288 g/mol. The lowest BCUT2D eigenvalue weighted by molar-refractivity contribution is 0.0690. The highest BCUT2D eigenvalue weighted by Gasteiger charge is 2.18. The van der Waals surface area contributed by atoms with E-state index in [0.717, 1.165) is 5.56 Å². The molecule has 2 N–H and O–H groups in total. The van der Waals surface area contributed by atoms with Crippen LogP contribution in [0, 0.1) is 0 Å². The summed E-state index contributed by atoms with van der Waals surface area (Å²) in [6.45, 7) is 0. The van der Waals surface area contributed by atoms with Crippen LogP contribution in [0.25, 0.3) is 0 Å². The van der Waals surface area contributed by atoms with Crippen molar-refractivity contribution in [2.75, 3.05) is 0 Å². The smallest absolute Gasteiger partial charge is 0.336 e. The van der Waals surface area contributed by atoms with E-state index < -0.39 is 11.9 Å². The molecule has 0 spiro atoms. The fraction of sp³-hybridized carbons (Fsp3) is 0.0667. The molecule has 5 heteroatoms. The summed E-state index contributed by atoms with van der Waals surface area (Å²) in [5.74, 6) is -1.72. The molecular formula is C15H12O4S. The van der Waals surface area contributed by atoms with Crippen molar-refractivity contribution in [1.82, 2.24) is 0 Å². The molecule has 2 aromatic rings. The van der Waals surface area contributed by atoms with Gasteiger partial charge in [-0.25, -0.2) is 9.59 Å². The number of thioether (sulfide) groups is 1. The SMILES string of the molecule is O=C(O)c1cccc(C(=O)O)c1SCc1ccccc1. The molecule has 2 rings (SSSR count). The van der Waals surface area contributed by atoms with Crippen LogP contribution in [0.4, 0.5) is 0 Å². The molecule has 0 aliphatic carbocycles. The third-order valence-corrected chi connectivity index (χ3v) is 3.91. The summed E-state index contributed by atoms with van der Waals surface area (Å²) < 4.78 is 0. The molecule has 0 fully saturated rings. The second kappa shape index (κ2) is 6.25. The van der Waals surface area contributed by atoms with Crippen LogP contribution in [-0.2, 0) is 5.75 Å². The molecule has 0 radical (unpaired) electrons. The lowest BCUT2D eigenvalue weighted by Crippen LogP contribution is -2.06. The van der Waals surface area contributed by atoms with Crippen molar-refractivity contribution in [3.63, 3.8) is 0 Å². The summed E-state index contributed by atoms with van der Waals surface area (Å²) in [6, 6.07) is 13.8. The van der Waals surface area contributed by atoms with E-state index in [2.05, 4.69) is 0 Å². The molecule has 4 nitrogen and oxygen atoms in total. The van der Waals surface area contributed by atoms with Crippen molar-refractivity contribution in [3.8, 4) is 0 Å². The number of aromatic carboxylic acids is 2. The minimum atomic E-state index is -1.12. The summed E-state index contributed by atoms with van der Waals surface area (Å²) in [5, 5.41) is 18.3. The summed E-state index contributed by atoms with van der Waals surface area (Å²) in [5.41, 5.74) is 1.05. The fourth-order valence-electron chi connectivity index (χ4n) is 1.76. The molecule has 0 saturated heterocycles. The Morgan fingerprint density at radius 3 is 1.90 bits per heavy atom. The zero-order valence-corrected chi connectivity index (χ0v) is 11.3. The summed E-state index contributed by atoms with van der Waals surface area (Å²) in [6.07, 6.45) is 0. The predicted molar refractivity (Wildman–Crippen MR) is 76.4 cm³/mol. The van der Waals surface area contributed by atoms with Gasteiger partial charge in [-0.3, -0.25) is 0 Å². The van der Waals surface area contributed by atoms with Crippen LogP contribution in [0.5, 0.6) is 0 Å². The van der Waals surface area contributed by atoms with Gasteiger partial charge < -0.3 is 10.2 Å². The Labute approximate surface area is 120 Å². The zero-order valence-electron chi connectivity index (χ0n) is 10.4. The van der Waals surface area contributed by atoms with Gasteiger partial charge in [-0.2, -0.15) is 0 Å². The van der Waals surface area contributed by atoms with E-state index in [1.54, 1.807) is 0 Å². The van der Waals surface area contributed by atoms with E-state index in [4.69, 9.17) is 10.2 Å². The molecule has 102 valence electrons. The number of carboxylic acid groups (broad SMARTS) is 2. The van der Waals surface area contributed by atoms with Crippen LogP contribution >= 0.6 is 11.8 Å². The molecule has 0 heterocycles. The van der Waals surface area contributed by atoms with Crippen molar-refractivity contribution >= 4 is 23.7 Å². The zero-order chi connectivity index (χ0) is 14.5. The van der Waals surface area contributed by atoms with Crippen LogP contribution in [0.15, 0.2) is 53.4 Å². The largest absolute Gasteiger partial charge is 0.478 e. The predicted octanol–water partition coefficient (Wildman–Crippen LogP) is 3.38. The van der Waals surface area contributed by atoms with Crippen molar-refractivity contribution in [3.05, 3.63) is 65.2 Å². The second-order valence-electron chi connectivity index (χ2n) is 4.07. The standard InChI is InChI=1S/C15H12O4S/c16-14(17)11-7-4-8-12(15(18)19)13(11)20-9-10-5-2-1-3-6-10/h1-8H,9H2,(H,16,17)(H,18,19). The van der Waals surface area contributed by atoms with E-state index in [1.807, 2.05) is 30.3 Å². The maximum Gasteiger partial charge on any atom is 0.336 e.